The first-order chi connectivity index (χ1) is 9.41. The van der Waals surface area contributed by atoms with Gasteiger partial charge >= 0.3 is 11.9 Å². The second-order valence-corrected chi connectivity index (χ2v) is 5.55. The van der Waals surface area contributed by atoms with Crippen molar-refractivity contribution in [3.63, 3.8) is 0 Å². The Hall–Kier alpha value is -1.36. The Labute approximate surface area is 120 Å². The summed E-state index contributed by atoms with van der Waals surface area (Å²) in [5.41, 5.74) is 0.346. The Morgan fingerprint density at radius 1 is 1.10 bits per heavy atom. The molecule has 1 fully saturated rings. The topological polar surface area (TPSA) is 55.8 Å². The van der Waals surface area contributed by atoms with Crippen LogP contribution < -0.4 is 0 Å². The van der Waals surface area contributed by atoms with E-state index in [1.54, 1.807) is 6.92 Å². The third kappa shape index (κ3) is 5.33. The minimum atomic E-state index is -0.451. The molecule has 0 aromatic rings. The predicted octanol–water partition coefficient (Wildman–Crippen LogP) is 1.77. The van der Waals surface area contributed by atoms with E-state index in [1.807, 2.05) is 0 Å². The van der Waals surface area contributed by atoms with Gasteiger partial charge in [0.15, 0.2) is 0 Å². The largest absolute Gasteiger partial charge is 0.462 e. The SMILES string of the molecule is C=C(C)C(=O)OCCOC(=O)C1CCC(N(C)C)CC1. The first kappa shape index (κ1) is 16.7. The van der Waals surface area contributed by atoms with Crippen molar-refractivity contribution >= 4 is 11.9 Å². The standard InChI is InChI=1S/C15H25NO4/c1-11(2)14(17)19-9-10-20-15(18)12-5-7-13(8-6-12)16(3)4/h12-13H,1,5-10H2,2-4H3. The number of carbonyl (C=O) groups is 2. The van der Waals surface area contributed by atoms with Crippen molar-refractivity contribution in [1.82, 2.24) is 4.90 Å². The van der Waals surface area contributed by atoms with E-state index in [1.165, 1.54) is 0 Å². The van der Waals surface area contributed by atoms with Gasteiger partial charge in [0, 0.05) is 11.6 Å². The zero-order valence-corrected chi connectivity index (χ0v) is 12.7. The summed E-state index contributed by atoms with van der Waals surface area (Å²) in [5.74, 6) is -0.635. The summed E-state index contributed by atoms with van der Waals surface area (Å²) in [6.07, 6.45) is 3.79. The molecule has 0 N–H and O–H groups in total. The summed E-state index contributed by atoms with van der Waals surface area (Å²) >= 11 is 0. The molecule has 1 aliphatic carbocycles. The lowest BCUT2D eigenvalue weighted by Gasteiger charge is -2.31. The lowest BCUT2D eigenvalue weighted by atomic mass is 9.85. The second-order valence-electron chi connectivity index (χ2n) is 5.55. The molecule has 0 atom stereocenters. The Morgan fingerprint density at radius 2 is 1.65 bits per heavy atom. The average Bonchev–Trinajstić information content (AvgIpc) is 2.43. The van der Waals surface area contributed by atoms with Crippen LogP contribution in [0.4, 0.5) is 0 Å². The number of ether oxygens (including phenoxy) is 2. The van der Waals surface area contributed by atoms with Gasteiger partial charge in [-0.15, -0.1) is 0 Å². The molecule has 0 radical (unpaired) electrons. The predicted molar refractivity (Wildman–Crippen MR) is 76.2 cm³/mol. The average molecular weight is 283 g/mol. The highest BCUT2D eigenvalue weighted by atomic mass is 16.6. The van der Waals surface area contributed by atoms with Crippen LogP contribution in [0.25, 0.3) is 0 Å². The molecule has 1 aliphatic rings. The van der Waals surface area contributed by atoms with Crippen LogP contribution in [0.5, 0.6) is 0 Å². The maximum absolute atomic E-state index is 11.9. The van der Waals surface area contributed by atoms with Crippen molar-refractivity contribution in [1.29, 1.82) is 0 Å². The van der Waals surface area contributed by atoms with E-state index < -0.39 is 5.97 Å². The van der Waals surface area contributed by atoms with E-state index in [0.717, 1.165) is 25.7 Å². The van der Waals surface area contributed by atoms with Crippen molar-refractivity contribution < 1.29 is 19.1 Å². The van der Waals surface area contributed by atoms with Crippen LogP contribution in [0, 0.1) is 5.92 Å². The fourth-order valence-electron chi connectivity index (χ4n) is 2.35. The van der Waals surface area contributed by atoms with Gasteiger partial charge in [0.05, 0.1) is 5.92 Å². The first-order valence-corrected chi connectivity index (χ1v) is 7.07. The molecule has 5 heteroatoms. The monoisotopic (exact) mass is 283 g/mol. The fraction of sp³-hybridized carbons (Fsp3) is 0.733. The van der Waals surface area contributed by atoms with Crippen molar-refractivity contribution in [3.8, 4) is 0 Å². The third-order valence-corrected chi connectivity index (χ3v) is 3.67. The molecule has 1 rings (SSSR count). The van der Waals surface area contributed by atoms with Gasteiger partial charge in [-0.05, 0) is 46.7 Å². The molecule has 0 aromatic carbocycles. The summed E-state index contributed by atoms with van der Waals surface area (Å²) in [6.45, 7) is 5.26. The van der Waals surface area contributed by atoms with Crippen molar-refractivity contribution in [2.45, 2.75) is 38.6 Å². The van der Waals surface area contributed by atoms with Crippen LogP contribution in [0.2, 0.25) is 0 Å². The fourth-order valence-corrected chi connectivity index (χ4v) is 2.35. The van der Waals surface area contributed by atoms with Gasteiger partial charge in [-0.2, -0.15) is 0 Å². The van der Waals surface area contributed by atoms with E-state index in [-0.39, 0.29) is 25.1 Å². The second kappa shape index (κ2) is 8.04. The molecule has 20 heavy (non-hydrogen) atoms. The number of hydrogen-bond donors (Lipinski definition) is 0. The highest BCUT2D eigenvalue weighted by Crippen LogP contribution is 2.27. The molecule has 0 saturated heterocycles. The van der Waals surface area contributed by atoms with Gasteiger partial charge in [-0.25, -0.2) is 4.79 Å². The number of hydrogen-bond acceptors (Lipinski definition) is 5. The van der Waals surface area contributed by atoms with E-state index in [2.05, 4.69) is 25.6 Å². The molecular formula is C15H25NO4. The van der Waals surface area contributed by atoms with Crippen LogP contribution in [-0.2, 0) is 19.1 Å². The zero-order valence-electron chi connectivity index (χ0n) is 12.7. The summed E-state index contributed by atoms with van der Waals surface area (Å²) in [4.78, 5) is 25.2. The summed E-state index contributed by atoms with van der Waals surface area (Å²) < 4.78 is 10.0. The smallest absolute Gasteiger partial charge is 0.333 e. The quantitative estimate of drug-likeness (QED) is 0.422. The first-order valence-electron chi connectivity index (χ1n) is 7.07. The number of carbonyl (C=O) groups excluding carboxylic acids is 2. The van der Waals surface area contributed by atoms with Crippen molar-refractivity contribution in [2.24, 2.45) is 5.92 Å². The van der Waals surface area contributed by atoms with Crippen molar-refractivity contribution in [3.05, 3.63) is 12.2 Å². The van der Waals surface area contributed by atoms with E-state index in [4.69, 9.17) is 9.47 Å². The molecule has 0 aliphatic heterocycles. The van der Waals surface area contributed by atoms with Crippen molar-refractivity contribution in [2.75, 3.05) is 27.3 Å². The van der Waals surface area contributed by atoms with Crippen LogP contribution in [0.15, 0.2) is 12.2 Å². The lowest BCUT2D eigenvalue weighted by Crippen LogP contribution is -2.34. The molecule has 0 bridgehead atoms. The normalized spacial score (nSPS) is 22.4. The van der Waals surface area contributed by atoms with E-state index in [0.29, 0.717) is 11.6 Å². The van der Waals surface area contributed by atoms with Gasteiger partial charge in [-0.1, -0.05) is 6.58 Å². The highest BCUT2D eigenvalue weighted by Gasteiger charge is 2.28. The van der Waals surface area contributed by atoms with Crippen LogP contribution in [-0.4, -0.2) is 50.2 Å². The lowest BCUT2D eigenvalue weighted by molar-refractivity contribution is -0.154. The minimum absolute atomic E-state index is 0.0111. The Bertz CT molecular complexity index is 357. The minimum Gasteiger partial charge on any atom is -0.462 e. The molecule has 5 nitrogen and oxygen atoms in total. The third-order valence-electron chi connectivity index (χ3n) is 3.67. The molecule has 0 unspecified atom stereocenters. The summed E-state index contributed by atoms with van der Waals surface area (Å²) in [7, 11) is 4.14. The van der Waals surface area contributed by atoms with Crippen LogP contribution in [0.1, 0.15) is 32.6 Å². The number of nitrogens with zero attached hydrogens (tertiary/aromatic N) is 1. The molecule has 1 saturated carbocycles. The number of esters is 2. The van der Waals surface area contributed by atoms with Gasteiger partial charge in [0.2, 0.25) is 0 Å². The molecule has 0 amide bonds. The Morgan fingerprint density at radius 3 is 2.15 bits per heavy atom. The number of rotatable bonds is 6. The van der Waals surface area contributed by atoms with Crippen LogP contribution in [0.3, 0.4) is 0 Å². The summed E-state index contributed by atoms with van der Waals surface area (Å²) in [5, 5.41) is 0. The molecular weight excluding hydrogens is 258 g/mol. The Balaban J connectivity index is 2.18. The molecule has 0 spiro atoms. The van der Waals surface area contributed by atoms with E-state index in [9.17, 15) is 9.59 Å². The molecule has 0 aromatic heterocycles. The van der Waals surface area contributed by atoms with Crippen LogP contribution >= 0.6 is 0 Å². The molecule has 0 heterocycles. The van der Waals surface area contributed by atoms with Gasteiger partial charge < -0.3 is 14.4 Å². The van der Waals surface area contributed by atoms with Gasteiger partial charge in [-0.3, -0.25) is 4.79 Å². The van der Waals surface area contributed by atoms with Gasteiger partial charge in [0.25, 0.3) is 0 Å². The maximum atomic E-state index is 11.9. The highest BCUT2D eigenvalue weighted by molar-refractivity contribution is 5.86. The zero-order chi connectivity index (χ0) is 15.1. The maximum Gasteiger partial charge on any atom is 0.333 e. The summed E-state index contributed by atoms with van der Waals surface area (Å²) in [6, 6.07) is 0.565. The Kier molecular flexibility index (Phi) is 6.71. The van der Waals surface area contributed by atoms with E-state index >= 15 is 0 Å². The molecule has 114 valence electrons. The van der Waals surface area contributed by atoms with Gasteiger partial charge in [0.1, 0.15) is 13.2 Å².